The first-order chi connectivity index (χ1) is 12.1. The van der Waals surface area contributed by atoms with Crippen LogP contribution in [0.5, 0.6) is 0 Å². The number of aryl methyl sites for hydroxylation is 2. The second-order valence-electron chi connectivity index (χ2n) is 6.58. The van der Waals surface area contributed by atoms with Crippen LogP contribution >= 0.6 is 0 Å². The fraction of sp³-hybridized carbons (Fsp3) is 0.350. The second kappa shape index (κ2) is 7.91. The van der Waals surface area contributed by atoms with E-state index in [1.807, 2.05) is 38.1 Å². The molecule has 2 aromatic rings. The molecule has 0 aliphatic carbocycles. The molecule has 0 aliphatic heterocycles. The molecule has 1 N–H and O–H groups in total. The van der Waals surface area contributed by atoms with Gasteiger partial charge in [-0.05, 0) is 49.6 Å². The third kappa shape index (κ3) is 4.64. The fourth-order valence-electron chi connectivity index (χ4n) is 2.79. The van der Waals surface area contributed by atoms with Gasteiger partial charge in [0.15, 0.2) is 0 Å². The average Bonchev–Trinajstić information content (AvgIpc) is 2.59. The molecule has 0 saturated carbocycles. The summed E-state index contributed by atoms with van der Waals surface area (Å²) >= 11 is 0. The van der Waals surface area contributed by atoms with Crippen molar-refractivity contribution in [3.8, 4) is 0 Å². The lowest BCUT2D eigenvalue weighted by Crippen LogP contribution is -2.29. The third-order valence-electron chi connectivity index (χ3n) is 4.49. The lowest BCUT2D eigenvalue weighted by molar-refractivity contribution is 0.0935. The highest BCUT2D eigenvalue weighted by Crippen LogP contribution is 2.23. The van der Waals surface area contributed by atoms with Crippen molar-refractivity contribution in [1.82, 2.24) is 5.32 Å². The Bertz CT molecular complexity index is 890. The lowest BCUT2D eigenvalue weighted by atomic mass is 10.0. The van der Waals surface area contributed by atoms with Crippen molar-refractivity contribution < 1.29 is 13.2 Å². The molecule has 5 nitrogen and oxygen atoms in total. The van der Waals surface area contributed by atoms with Gasteiger partial charge in [0.2, 0.25) is 10.0 Å². The molecule has 6 heteroatoms. The number of anilines is 1. The first-order valence-corrected chi connectivity index (χ1v) is 10.4. The Labute approximate surface area is 156 Å². The summed E-state index contributed by atoms with van der Waals surface area (Å²) in [5, 5.41) is 3.05. The van der Waals surface area contributed by atoms with Gasteiger partial charge in [0, 0.05) is 12.6 Å². The molecular formula is C20H26N2O3S. The van der Waals surface area contributed by atoms with E-state index in [0.717, 1.165) is 23.8 Å². The lowest BCUT2D eigenvalue weighted by Gasteiger charge is -2.21. The summed E-state index contributed by atoms with van der Waals surface area (Å²) < 4.78 is 24.6. The zero-order chi connectivity index (χ0) is 19.5. The predicted octanol–water partition coefficient (Wildman–Crippen LogP) is 3.58. The number of nitrogens with one attached hydrogen (secondary N) is 1. The highest BCUT2D eigenvalue weighted by Gasteiger charge is 2.18. The maximum absolute atomic E-state index is 12.6. The zero-order valence-electron chi connectivity index (χ0n) is 15.9. The van der Waals surface area contributed by atoms with Crippen LogP contribution in [0.3, 0.4) is 0 Å². The Balaban J connectivity index is 2.21. The molecule has 2 aromatic carbocycles. The molecule has 1 amide bonds. The molecule has 0 spiro atoms. The molecule has 0 aliphatic rings. The van der Waals surface area contributed by atoms with Crippen LogP contribution in [-0.4, -0.2) is 27.6 Å². The fourth-order valence-corrected chi connectivity index (χ4v) is 3.35. The molecule has 1 atom stereocenters. The molecule has 0 saturated heterocycles. The summed E-state index contributed by atoms with van der Waals surface area (Å²) in [6.07, 6.45) is 1.93. The van der Waals surface area contributed by atoms with Gasteiger partial charge in [-0.2, -0.15) is 0 Å². The quantitative estimate of drug-likeness (QED) is 0.840. The van der Waals surface area contributed by atoms with Crippen LogP contribution in [-0.2, 0) is 10.0 Å². The zero-order valence-corrected chi connectivity index (χ0v) is 16.7. The van der Waals surface area contributed by atoms with E-state index in [0.29, 0.717) is 11.3 Å². The van der Waals surface area contributed by atoms with Crippen molar-refractivity contribution in [3.63, 3.8) is 0 Å². The molecule has 0 heterocycles. The van der Waals surface area contributed by atoms with E-state index in [-0.39, 0.29) is 11.9 Å². The average molecular weight is 375 g/mol. The van der Waals surface area contributed by atoms with Gasteiger partial charge >= 0.3 is 0 Å². The van der Waals surface area contributed by atoms with E-state index in [1.54, 1.807) is 25.1 Å². The molecule has 0 aromatic heterocycles. The maximum atomic E-state index is 12.6. The number of sulfonamides is 1. The van der Waals surface area contributed by atoms with Crippen LogP contribution < -0.4 is 9.62 Å². The summed E-state index contributed by atoms with van der Waals surface area (Å²) in [6, 6.07) is 13.1. The van der Waals surface area contributed by atoms with Gasteiger partial charge < -0.3 is 5.32 Å². The van der Waals surface area contributed by atoms with E-state index >= 15 is 0 Å². The van der Waals surface area contributed by atoms with Gasteiger partial charge in [-0.25, -0.2) is 8.42 Å². The number of amides is 1. The van der Waals surface area contributed by atoms with Crippen molar-refractivity contribution >= 4 is 21.6 Å². The van der Waals surface area contributed by atoms with E-state index in [4.69, 9.17) is 0 Å². The van der Waals surface area contributed by atoms with Crippen LogP contribution in [0.1, 0.15) is 46.4 Å². The van der Waals surface area contributed by atoms with E-state index in [1.165, 1.54) is 16.9 Å². The number of benzene rings is 2. The standard InChI is InChI=1S/C20H26N2O3S/c1-6-18(16-9-7-14(2)8-10-16)21-20(23)17-11-12-19(15(3)13-17)22(4)26(5,24)25/h7-13,18H,6H2,1-5H3,(H,21,23). The Morgan fingerprint density at radius 1 is 1.12 bits per heavy atom. The number of nitrogens with zero attached hydrogens (tertiary/aromatic N) is 1. The van der Waals surface area contributed by atoms with Crippen molar-refractivity contribution in [1.29, 1.82) is 0 Å². The van der Waals surface area contributed by atoms with Crippen LogP contribution in [0.25, 0.3) is 0 Å². The van der Waals surface area contributed by atoms with Crippen molar-refractivity contribution in [2.75, 3.05) is 17.6 Å². The van der Waals surface area contributed by atoms with Gasteiger partial charge in [-0.1, -0.05) is 36.8 Å². The summed E-state index contributed by atoms with van der Waals surface area (Å²) in [6.45, 7) is 5.85. The Morgan fingerprint density at radius 3 is 2.23 bits per heavy atom. The second-order valence-corrected chi connectivity index (χ2v) is 8.59. The SMILES string of the molecule is CCC(NC(=O)c1ccc(N(C)S(C)(=O)=O)c(C)c1)c1ccc(C)cc1. The normalized spacial score (nSPS) is 12.5. The first kappa shape index (κ1) is 20.0. The molecule has 26 heavy (non-hydrogen) atoms. The molecule has 0 radical (unpaired) electrons. The highest BCUT2D eigenvalue weighted by atomic mass is 32.2. The molecule has 1 unspecified atom stereocenters. The van der Waals surface area contributed by atoms with Crippen molar-refractivity contribution in [3.05, 3.63) is 64.7 Å². The minimum atomic E-state index is -3.34. The van der Waals surface area contributed by atoms with Gasteiger partial charge in [0.05, 0.1) is 18.0 Å². The number of carbonyl (C=O) groups excluding carboxylic acids is 1. The summed E-state index contributed by atoms with van der Waals surface area (Å²) in [5.74, 6) is -0.172. The van der Waals surface area contributed by atoms with Gasteiger partial charge in [-0.3, -0.25) is 9.10 Å². The number of carbonyl (C=O) groups is 1. The predicted molar refractivity (Wildman–Crippen MR) is 106 cm³/mol. The van der Waals surface area contributed by atoms with Crippen molar-refractivity contribution in [2.45, 2.75) is 33.2 Å². The van der Waals surface area contributed by atoms with Gasteiger partial charge in [-0.15, -0.1) is 0 Å². The minimum absolute atomic E-state index is 0.0678. The molecule has 140 valence electrons. The van der Waals surface area contributed by atoms with E-state index in [2.05, 4.69) is 5.32 Å². The number of hydrogen-bond donors (Lipinski definition) is 1. The van der Waals surface area contributed by atoms with E-state index in [9.17, 15) is 13.2 Å². The minimum Gasteiger partial charge on any atom is -0.345 e. The molecule has 0 bridgehead atoms. The van der Waals surface area contributed by atoms with E-state index < -0.39 is 10.0 Å². The smallest absolute Gasteiger partial charge is 0.251 e. The van der Waals surface area contributed by atoms with Gasteiger partial charge in [0.1, 0.15) is 0 Å². The monoisotopic (exact) mass is 374 g/mol. The van der Waals surface area contributed by atoms with Gasteiger partial charge in [0.25, 0.3) is 5.91 Å². The van der Waals surface area contributed by atoms with Crippen molar-refractivity contribution in [2.24, 2.45) is 0 Å². The van der Waals surface area contributed by atoms with Crippen LogP contribution in [0.4, 0.5) is 5.69 Å². The van der Waals surface area contributed by atoms with Crippen LogP contribution in [0.15, 0.2) is 42.5 Å². The van der Waals surface area contributed by atoms with Crippen LogP contribution in [0, 0.1) is 13.8 Å². The summed E-state index contributed by atoms with van der Waals surface area (Å²) in [4.78, 5) is 12.6. The Hall–Kier alpha value is -2.34. The number of rotatable bonds is 6. The highest BCUT2D eigenvalue weighted by molar-refractivity contribution is 7.92. The largest absolute Gasteiger partial charge is 0.345 e. The summed E-state index contributed by atoms with van der Waals surface area (Å²) in [7, 11) is -1.84. The Morgan fingerprint density at radius 2 is 1.73 bits per heavy atom. The molecule has 2 rings (SSSR count). The molecule has 0 fully saturated rings. The summed E-state index contributed by atoms with van der Waals surface area (Å²) in [5.41, 5.74) is 4.05. The number of hydrogen-bond acceptors (Lipinski definition) is 3. The topological polar surface area (TPSA) is 66.5 Å². The first-order valence-electron chi connectivity index (χ1n) is 8.55. The molecular weight excluding hydrogens is 348 g/mol. The Kier molecular flexibility index (Phi) is 6.08. The maximum Gasteiger partial charge on any atom is 0.251 e. The van der Waals surface area contributed by atoms with Crippen LogP contribution in [0.2, 0.25) is 0 Å². The third-order valence-corrected chi connectivity index (χ3v) is 5.68.